The summed E-state index contributed by atoms with van der Waals surface area (Å²) in [5, 5.41) is 3.51. The summed E-state index contributed by atoms with van der Waals surface area (Å²) in [6.07, 6.45) is 5.86. The van der Waals surface area contributed by atoms with Gasteiger partial charge in [-0.2, -0.15) is 0 Å². The van der Waals surface area contributed by atoms with Crippen molar-refractivity contribution in [3.05, 3.63) is 0 Å². The van der Waals surface area contributed by atoms with E-state index in [1.807, 2.05) is 0 Å². The average Bonchev–Trinajstić information content (AvgIpc) is 2.12. The summed E-state index contributed by atoms with van der Waals surface area (Å²) in [7, 11) is 0. The van der Waals surface area contributed by atoms with Crippen molar-refractivity contribution in [2.75, 3.05) is 6.54 Å². The summed E-state index contributed by atoms with van der Waals surface area (Å²) >= 11 is 0. The van der Waals surface area contributed by atoms with E-state index in [0.717, 1.165) is 12.0 Å². The molecule has 46 valence electrons. The summed E-state index contributed by atoms with van der Waals surface area (Å²) in [5.41, 5.74) is 0. The molecule has 0 unspecified atom stereocenters. The Morgan fingerprint density at radius 2 is 2.12 bits per heavy atom. The highest BCUT2D eigenvalue weighted by atomic mass is 14.9. The third-order valence-electron chi connectivity index (χ3n) is 2.53. The van der Waals surface area contributed by atoms with Gasteiger partial charge in [-0.3, -0.25) is 0 Å². The van der Waals surface area contributed by atoms with Crippen LogP contribution in [-0.4, -0.2) is 12.6 Å². The van der Waals surface area contributed by atoms with E-state index in [1.165, 1.54) is 32.2 Å². The first kappa shape index (κ1) is 4.80. The summed E-state index contributed by atoms with van der Waals surface area (Å²) in [5.74, 6) is 1.10. The minimum absolute atomic E-state index is 0.911. The van der Waals surface area contributed by atoms with Gasteiger partial charge in [-0.05, 0) is 38.1 Å². The van der Waals surface area contributed by atoms with Gasteiger partial charge in [0.1, 0.15) is 0 Å². The molecule has 1 heteroatoms. The Kier molecular flexibility index (Phi) is 1.04. The second-order valence-corrected chi connectivity index (χ2v) is 3.12. The SMILES string of the molecule is C1C[C@@H]2CC[C@@H](C2)N1. The zero-order valence-electron chi connectivity index (χ0n) is 5.19. The molecule has 2 fully saturated rings. The number of piperidine rings is 1. The third kappa shape index (κ3) is 0.655. The van der Waals surface area contributed by atoms with Crippen LogP contribution in [0.5, 0.6) is 0 Å². The Bertz CT molecular complexity index is 76.4. The van der Waals surface area contributed by atoms with Crippen LogP contribution in [0.3, 0.4) is 0 Å². The first-order valence-corrected chi connectivity index (χ1v) is 3.68. The van der Waals surface area contributed by atoms with Crippen molar-refractivity contribution < 1.29 is 0 Å². The van der Waals surface area contributed by atoms with Gasteiger partial charge in [-0.15, -0.1) is 0 Å². The molecule has 0 aromatic carbocycles. The van der Waals surface area contributed by atoms with E-state index < -0.39 is 0 Å². The van der Waals surface area contributed by atoms with Crippen molar-refractivity contribution in [2.45, 2.75) is 31.7 Å². The minimum atomic E-state index is 0.911. The Balaban J connectivity index is 2.03. The lowest BCUT2D eigenvalue weighted by Gasteiger charge is -2.19. The highest BCUT2D eigenvalue weighted by Crippen LogP contribution is 2.30. The summed E-state index contributed by atoms with van der Waals surface area (Å²) in [4.78, 5) is 0. The molecule has 0 spiro atoms. The predicted octanol–water partition coefficient (Wildman–Crippen LogP) is 1.15. The Morgan fingerprint density at radius 3 is 2.88 bits per heavy atom. The fraction of sp³-hybridized carbons (Fsp3) is 1.00. The van der Waals surface area contributed by atoms with E-state index in [1.54, 1.807) is 0 Å². The molecule has 1 aliphatic heterocycles. The molecule has 2 aliphatic rings. The smallest absolute Gasteiger partial charge is 0.00698 e. The molecule has 0 radical (unpaired) electrons. The van der Waals surface area contributed by atoms with Gasteiger partial charge in [0.2, 0.25) is 0 Å². The fourth-order valence-corrected chi connectivity index (χ4v) is 2.01. The minimum Gasteiger partial charge on any atom is -0.314 e. The van der Waals surface area contributed by atoms with Crippen LogP contribution >= 0.6 is 0 Å². The maximum atomic E-state index is 3.51. The maximum Gasteiger partial charge on any atom is 0.00698 e. The zero-order valence-corrected chi connectivity index (χ0v) is 5.19. The molecule has 0 aromatic rings. The molecule has 0 amide bonds. The Hall–Kier alpha value is -0.0400. The lowest BCUT2D eigenvalue weighted by Crippen LogP contribution is -2.31. The van der Waals surface area contributed by atoms with Crippen molar-refractivity contribution in [3.8, 4) is 0 Å². The first-order valence-electron chi connectivity index (χ1n) is 3.68. The Morgan fingerprint density at radius 1 is 1.12 bits per heavy atom. The van der Waals surface area contributed by atoms with Crippen LogP contribution in [-0.2, 0) is 0 Å². The lowest BCUT2D eigenvalue weighted by atomic mass is 10.0. The monoisotopic (exact) mass is 111 g/mol. The summed E-state index contributed by atoms with van der Waals surface area (Å²) < 4.78 is 0. The quantitative estimate of drug-likeness (QED) is 0.494. The molecule has 2 atom stereocenters. The molecule has 1 aliphatic carbocycles. The van der Waals surface area contributed by atoms with E-state index in [0.29, 0.717) is 0 Å². The zero-order chi connectivity index (χ0) is 5.40. The van der Waals surface area contributed by atoms with Crippen molar-refractivity contribution in [1.29, 1.82) is 0 Å². The number of hydrogen-bond donors (Lipinski definition) is 1. The van der Waals surface area contributed by atoms with Crippen LogP contribution in [0.25, 0.3) is 0 Å². The van der Waals surface area contributed by atoms with E-state index in [2.05, 4.69) is 5.32 Å². The van der Waals surface area contributed by atoms with Crippen molar-refractivity contribution >= 4 is 0 Å². The van der Waals surface area contributed by atoms with Gasteiger partial charge in [0.05, 0.1) is 0 Å². The van der Waals surface area contributed by atoms with Gasteiger partial charge >= 0.3 is 0 Å². The van der Waals surface area contributed by atoms with Gasteiger partial charge in [-0.1, -0.05) is 0 Å². The molecule has 1 nitrogen and oxygen atoms in total. The maximum absolute atomic E-state index is 3.51. The van der Waals surface area contributed by atoms with Gasteiger partial charge in [0.15, 0.2) is 0 Å². The van der Waals surface area contributed by atoms with Gasteiger partial charge in [-0.25, -0.2) is 0 Å². The highest BCUT2D eigenvalue weighted by molar-refractivity contribution is 4.85. The predicted molar refractivity (Wildman–Crippen MR) is 33.7 cm³/mol. The topological polar surface area (TPSA) is 12.0 Å². The molecule has 1 saturated carbocycles. The largest absolute Gasteiger partial charge is 0.314 e. The Labute approximate surface area is 50.5 Å². The molecule has 1 N–H and O–H groups in total. The van der Waals surface area contributed by atoms with Crippen molar-refractivity contribution in [3.63, 3.8) is 0 Å². The van der Waals surface area contributed by atoms with E-state index in [-0.39, 0.29) is 0 Å². The van der Waals surface area contributed by atoms with E-state index >= 15 is 0 Å². The number of fused-ring (bicyclic) bond motifs is 2. The van der Waals surface area contributed by atoms with Crippen LogP contribution in [0.2, 0.25) is 0 Å². The number of nitrogens with one attached hydrogen (secondary N) is 1. The number of hydrogen-bond acceptors (Lipinski definition) is 1. The molecule has 2 rings (SSSR count). The molecule has 8 heavy (non-hydrogen) atoms. The standard InChI is InChI=1S/C7H13N/c1-2-7-5-6(1)3-4-8-7/h6-8H,1-5H2/t6-,7-/m0/s1. The van der Waals surface area contributed by atoms with Crippen molar-refractivity contribution in [1.82, 2.24) is 5.32 Å². The van der Waals surface area contributed by atoms with Crippen LogP contribution in [0, 0.1) is 5.92 Å². The highest BCUT2D eigenvalue weighted by Gasteiger charge is 2.27. The van der Waals surface area contributed by atoms with Crippen LogP contribution in [0.4, 0.5) is 0 Å². The normalized spacial score (nSPS) is 45.0. The summed E-state index contributed by atoms with van der Waals surface area (Å²) in [6, 6.07) is 0.911. The summed E-state index contributed by atoms with van der Waals surface area (Å²) in [6.45, 7) is 1.29. The molecule has 0 aromatic heterocycles. The fourth-order valence-electron chi connectivity index (χ4n) is 2.01. The van der Waals surface area contributed by atoms with Gasteiger partial charge in [0, 0.05) is 6.04 Å². The molecule has 1 saturated heterocycles. The van der Waals surface area contributed by atoms with Crippen LogP contribution in [0.1, 0.15) is 25.7 Å². The lowest BCUT2D eigenvalue weighted by molar-refractivity contribution is 0.391. The molecular formula is C7H13N. The van der Waals surface area contributed by atoms with Gasteiger partial charge in [0.25, 0.3) is 0 Å². The second kappa shape index (κ2) is 1.73. The van der Waals surface area contributed by atoms with Crippen LogP contribution in [0.15, 0.2) is 0 Å². The second-order valence-electron chi connectivity index (χ2n) is 3.12. The first-order chi connectivity index (χ1) is 3.95. The van der Waals surface area contributed by atoms with Crippen LogP contribution < -0.4 is 5.32 Å². The average molecular weight is 111 g/mol. The molecule has 1 heterocycles. The molecular weight excluding hydrogens is 98.1 g/mol. The third-order valence-corrected chi connectivity index (χ3v) is 2.53. The van der Waals surface area contributed by atoms with E-state index in [9.17, 15) is 0 Å². The van der Waals surface area contributed by atoms with Crippen molar-refractivity contribution in [2.24, 2.45) is 5.92 Å². The number of rotatable bonds is 0. The van der Waals surface area contributed by atoms with E-state index in [4.69, 9.17) is 0 Å². The molecule has 2 bridgehead atoms. The van der Waals surface area contributed by atoms with Gasteiger partial charge < -0.3 is 5.32 Å².